The van der Waals surface area contributed by atoms with Crippen LogP contribution in [0.3, 0.4) is 0 Å². The minimum atomic E-state index is -2.99. The van der Waals surface area contributed by atoms with E-state index in [0.717, 1.165) is 5.69 Å². The Hall–Kier alpha value is -0.190. The molecule has 0 aliphatic rings. The zero-order chi connectivity index (χ0) is 16.8. The lowest BCUT2D eigenvalue weighted by molar-refractivity contribution is 0.595. The highest BCUT2D eigenvalue weighted by molar-refractivity contribution is 14.0. The molecule has 1 aromatic heterocycles. The lowest BCUT2D eigenvalue weighted by atomic mass is 10.4. The van der Waals surface area contributed by atoms with E-state index in [1.165, 1.54) is 0 Å². The van der Waals surface area contributed by atoms with Crippen molar-refractivity contribution in [2.45, 2.75) is 20.4 Å². The molecule has 0 aliphatic carbocycles. The normalized spacial score (nSPS) is 12.0. The number of halogens is 3. The SMILES string of the molecule is CCNC(=NCc1cc(Cl)c(Cl)n1C)NCCS(=O)(=O)CC.I. The number of nitrogens with one attached hydrogen (secondary N) is 2. The van der Waals surface area contributed by atoms with Crippen LogP contribution >= 0.6 is 47.2 Å². The summed E-state index contributed by atoms with van der Waals surface area (Å²) in [5.41, 5.74) is 0.869. The van der Waals surface area contributed by atoms with Crippen LogP contribution in [0.2, 0.25) is 10.2 Å². The molecule has 0 aliphatic heterocycles. The molecule has 0 unspecified atom stereocenters. The Balaban J connectivity index is 0.00000484. The van der Waals surface area contributed by atoms with Crippen LogP contribution in [0.1, 0.15) is 19.5 Å². The Labute approximate surface area is 165 Å². The van der Waals surface area contributed by atoms with E-state index in [1.807, 2.05) is 14.0 Å². The van der Waals surface area contributed by atoms with Crippen molar-refractivity contribution in [3.63, 3.8) is 0 Å². The topological polar surface area (TPSA) is 75.5 Å². The van der Waals surface area contributed by atoms with Crippen molar-refractivity contribution in [3.8, 4) is 0 Å². The van der Waals surface area contributed by atoms with Crippen LogP contribution in [0.5, 0.6) is 0 Å². The van der Waals surface area contributed by atoms with Crippen molar-refractivity contribution in [1.29, 1.82) is 0 Å². The second kappa shape index (κ2) is 10.6. The number of rotatable bonds is 7. The van der Waals surface area contributed by atoms with Gasteiger partial charge in [-0.2, -0.15) is 0 Å². The quantitative estimate of drug-likeness (QED) is 0.345. The van der Waals surface area contributed by atoms with Crippen molar-refractivity contribution in [3.05, 3.63) is 21.9 Å². The van der Waals surface area contributed by atoms with Gasteiger partial charge in [-0.25, -0.2) is 13.4 Å². The average Bonchev–Trinajstić information content (AvgIpc) is 2.72. The lowest BCUT2D eigenvalue weighted by Crippen LogP contribution is -2.39. The van der Waals surface area contributed by atoms with E-state index in [-0.39, 0.29) is 35.5 Å². The van der Waals surface area contributed by atoms with Crippen molar-refractivity contribution in [2.24, 2.45) is 12.0 Å². The predicted octanol–water partition coefficient (Wildman–Crippen LogP) is 2.44. The van der Waals surface area contributed by atoms with Crippen LogP contribution in [0, 0.1) is 0 Å². The van der Waals surface area contributed by atoms with Gasteiger partial charge >= 0.3 is 0 Å². The molecule has 0 saturated heterocycles. The Morgan fingerprint density at radius 2 is 1.96 bits per heavy atom. The van der Waals surface area contributed by atoms with E-state index < -0.39 is 9.84 Å². The van der Waals surface area contributed by atoms with Gasteiger partial charge in [-0.3, -0.25) is 0 Å². The maximum atomic E-state index is 11.5. The first kappa shape index (κ1) is 22.8. The molecule has 0 radical (unpaired) electrons. The summed E-state index contributed by atoms with van der Waals surface area (Å²) in [6.07, 6.45) is 0. The zero-order valence-electron chi connectivity index (χ0n) is 13.4. The van der Waals surface area contributed by atoms with E-state index in [4.69, 9.17) is 23.2 Å². The van der Waals surface area contributed by atoms with Gasteiger partial charge in [0.15, 0.2) is 15.8 Å². The largest absolute Gasteiger partial charge is 0.357 e. The number of aromatic nitrogens is 1. The molecule has 1 heterocycles. The van der Waals surface area contributed by atoms with Gasteiger partial charge in [-0.15, -0.1) is 24.0 Å². The third-order valence-electron chi connectivity index (χ3n) is 3.10. The standard InChI is InChI=1S/C13H22Cl2N4O2S.HI/c1-4-16-13(17-6-7-22(20,21)5-2)18-9-10-8-11(14)12(15)19(10)3;/h8H,4-7,9H2,1-3H3,(H2,16,17,18);1H. The minimum Gasteiger partial charge on any atom is -0.357 e. The maximum absolute atomic E-state index is 11.5. The number of hydrogen-bond acceptors (Lipinski definition) is 3. The van der Waals surface area contributed by atoms with Gasteiger partial charge in [-0.1, -0.05) is 30.1 Å². The first-order chi connectivity index (χ1) is 10.3. The van der Waals surface area contributed by atoms with E-state index in [0.29, 0.717) is 35.8 Å². The molecule has 0 spiro atoms. The molecule has 0 saturated carbocycles. The second-order valence-corrected chi connectivity index (χ2v) is 7.93. The lowest BCUT2D eigenvalue weighted by Gasteiger charge is -2.11. The highest BCUT2D eigenvalue weighted by Crippen LogP contribution is 2.25. The molecule has 0 atom stereocenters. The van der Waals surface area contributed by atoms with E-state index in [2.05, 4.69) is 15.6 Å². The number of hydrogen-bond donors (Lipinski definition) is 2. The maximum Gasteiger partial charge on any atom is 0.191 e. The Morgan fingerprint density at radius 3 is 2.43 bits per heavy atom. The van der Waals surface area contributed by atoms with Gasteiger partial charge in [0.1, 0.15) is 5.15 Å². The van der Waals surface area contributed by atoms with E-state index in [1.54, 1.807) is 17.6 Å². The molecular formula is C13H23Cl2IN4O2S. The zero-order valence-corrected chi connectivity index (χ0v) is 18.1. The molecule has 1 aromatic rings. The Morgan fingerprint density at radius 1 is 1.30 bits per heavy atom. The van der Waals surface area contributed by atoms with Gasteiger partial charge in [0.05, 0.1) is 17.3 Å². The molecule has 0 aromatic carbocycles. The molecule has 6 nitrogen and oxygen atoms in total. The van der Waals surface area contributed by atoms with Gasteiger partial charge in [0.25, 0.3) is 0 Å². The summed E-state index contributed by atoms with van der Waals surface area (Å²) in [5, 5.41) is 7.03. The van der Waals surface area contributed by atoms with E-state index in [9.17, 15) is 8.42 Å². The summed E-state index contributed by atoms with van der Waals surface area (Å²) in [5.74, 6) is 0.778. The van der Waals surface area contributed by atoms with E-state index >= 15 is 0 Å². The highest BCUT2D eigenvalue weighted by atomic mass is 127. The van der Waals surface area contributed by atoms with Crippen molar-refractivity contribution < 1.29 is 8.42 Å². The molecule has 0 amide bonds. The van der Waals surface area contributed by atoms with Gasteiger partial charge in [0, 0.05) is 31.6 Å². The second-order valence-electron chi connectivity index (χ2n) is 4.69. The molecule has 23 heavy (non-hydrogen) atoms. The van der Waals surface area contributed by atoms with Gasteiger partial charge in [0.2, 0.25) is 0 Å². The molecule has 2 N–H and O–H groups in total. The fraction of sp³-hybridized carbons (Fsp3) is 0.615. The van der Waals surface area contributed by atoms with Crippen molar-refractivity contribution in [1.82, 2.24) is 15.2 Å². The summed E-state index contributed by atoms with van der Waals surface area (Å²) in [6.45, 7) is 4.96. The Bertz CT molecular complexity index is 632. The smallest absolute Gasteiger partial charge is 0.191 e. The molecule has 10 heteroatoms. The average molecular weight is 497 g/mol. The predicted molar refractivity (Wildman–Crippen MR) is 108 cm³/mol. The van der Waals surface area contributed by atoms with Crippen LogP contribution in [0.25, 0.3) is 0 Å². The van der Waals surface area contributed by atoms with Crippen LogP contribution in [0.4, 0.5) is 0 Å². The molecule has 0 fully saturated rings. The van der Waals surface area contributed by atoms with Crippen LogP contribution in [0.15, 0.2) is 11.1 Å². The minimum absolute atomic E-state index is 0. The van der Waals surface area contributed by atoms with Gasteiger partial charge in [-0.05, 0) is 13.0 Å². The van der Waals surface area contributed by atoms with Gasteiger partial charge < -0.3 is 15.2 Å². The van der Waals surface area contributed by atoms with Crippen molar-refractivity contribution >= 4 is 63.0 Å². The molecule has 134 valence electrons. The first-order valence-electron chi connectivity index (χ1n) is 7.03. The highest BCUT2D eigenvalue weighted by Gasteiger charge is 2.10. The number of sulfone groups is 1. The molecular weight excluding hydrogens is 474 g/mol. The summed E-state index contributed by atoms with van der Waals surface area (Å²) in [4.78, 5) is 4.41. The number of aliphatic imine (C=N–C) groups is 1. The summed E-state index contributed by atoms with van der Waals surface area (Å²) < 4.78 is 24.7. The number of nitrogens with zero attached hydrogens (tertiary/aromatic N) is 2. The summed E-state index contributed by atoms with van der Waals surface area (Å²) in [7, 11) is -1.18. The fourth-order valence-corrected chi connectivity index (χ4v) is 2.83. The summed E-state index contributed by atoms with van der Waals surface area (Å²) >= 11 is 12.0. The fourth-order valence-electron chi connectivity index (χ4n) is 1.71. The third-order valence-corrected chi connectivity index (χ3v) is 5.65. The monoisotopic (exact) mass is 496 g/mol. The first-order valence-corrected chi connectivity index (χ1v) is 9.60. The summed E-state index contributed by atoms with van der Waals surface area (Å²) in [6, 6.07) is 1.76. The third kappa shape index (κ3) is 7.49. The van der Waals surface area contributed by atoms with Crippen molar-refractivity contribution in [2.75, 3.05) is 24.6 Å². The number of guanidine groups is 1. The molecule has 1 rings (SSSR count). The Kier molecular flexibility index (Phi) is 10.5. The van der Waals surface area contributed by atoms with Crippen LogP contribution in [-0.4, -0.2) is 43.5 Å². The molecule has 0 bridgehead atoms. The van der Waals surface area contributed by atoms with Crippen LogP contribution in [-0.2, 0) is 23.4 Å². The van der Waals surface area contributed by atoms with Crippen LogP contribution < -0.4 is 10.6 Å².